The first-order valence-electron chi connectivity index (χ1n) is 7.39. The summed E-state index contributed by atoms with van der Waals surface area (Å²) in [6.07, 6.45) is 0.980. The normalized spacial score (nSPS) is 17.2. The van der Waals surface area contributed by atoms with Crippen LogP contribution in [0.2, 0.25) is 0 Å². The summed E-state index contributed by atoms with van der Waals surface area (Å²) in [4.78, 5) is 16.3. The molecule has 1 fully saturated rings. The van der Waals surface area contributed by atoms with Crippen molar-refractivity contribution in [3.8, 4) is 5.75 Å². The molecule has 0 saturated carbocycles. The zero-order valence-electron chi connectivity index (χ0n) is 12.5. The second-order valence-electron chi connectivity index (χ2n) is 5.31. The number of ether oxygens (including phenoxy) is 2. The monoisotopic (exact) mass is 336 g/mol. The van der Waals surface area contributed by atoms with E-state index in [0.717, 1.165) is 13.0 Å². The SMILES string of the molecule is O=C(NC[C@H]1CCOC1)c1csc(COc2ccc(F)cc2)n1. The molecular weight excluding hydrogens is 319 g/mol. The van der Waals surface area contributed by atoms with Gasteiger partial charge in [-0.1, -0.05) is 0 Å². The van der Waals surface area contributed by atoms with E-state index in [-0.39, 0.29) is 18.3 Å². The number of carbonyl (C=O) groups is 1. The van der Waals surface area contributed by atoms with Crippen molar-refractivity contribution in [2.45, 2.75) is 13.0 Å². The highest BCUT2D eigenvalue weighted by Gasteiger charge is 2.18. The summed E-state index contributed by atoms with van der Waals surface area (Å²) in [5.74, 6) is 0.465. The predicted octanol–water partition coefficient (Wildman–Crippen LogP) is 2.63. The molecule has 1 N–H and O–H groups in total. The predicted molar refractivity (Wildman–Crippen MR) is 84.1 cm³/mol. The molecule has 0 spiro atoms. The van der Waals surface area contributed by atoms with Gasteiger partial charge in [-0.05, 0) is 30.7 Å². The van der Waals surface area contributed by atoms with E-state index in [9.17, 15) is 9.18 Å². The Hall–Kier alpha value is -1.99. The molecule has 1 aliphatic rings. The Labute approximate surface area is 137 Å². The van der Waals surface area contributed by atoms with Crippen molar-refractivity contribution >= 4 is 17.2 Å². The summed E-state index contributed by atoms with van der Waals surface area (Å²) in [6, 6.07) is 5.78. The molecule has 0 radical (unpaired) electrons. The molecule has 1 aliphatic heterocycles. The Bertz CT molecular complexity index is 654. The van der Waals surface area contributed by atoms with Gasteiger partial charge in [-0.3, -0.25) is 4.79 Å². The zero-order chi connectivity index (χ0) is 16.1. The standard InChI is InChI=1S/C16H17FN2O3S/c17-12-1-3-13(4-2-12)22-9-15-19-14(10-23-15)16(20)18-7-11-5-6-21-8-11/h1-4,10-11H,5-9H2,(H,18,20)/t11-/m1/s1. The molecule has 5 nitrogen and oxygen atoms in total. The van der Waals surface area contributed by atoms with Gasteiger partial charge < -0.3 is 14.8 Å². The fourth-order valence-electron chi connectivity index (χ4n) is 2.23. The van der Waals surface area contributed by atoms with Crippen LogP contribution in [0.25, 0.3) is 0 Å². The van der Waals surface area contributed by atoms with Crippen LogP contribution in [0.15, 0.2) is 29.6 Å². The van der Waals surface area contributed by atoms with E-state index in [4.69, 9.17) is 9.47 Å². The Balaban J connectivity index is 1.48. The lowest BCUT2D eigenvalue weighted by atomic mass is 10.1. The molecule has 3 rings (SSSR count). The van der Waals surface area contributed by atoms with Crippen LogP contribution in [0.4, 0.5) is 4.39 Å². The van der Waals surface area contributed by atoms with E-state index in [1.165, 1.54) is 23.5 Å². The average Bonchev–Trinajstić information content (AvgIpc) is 3.24. The number of benzene rings is 1. The summed E-state index contributed by atoms with van der Waals surface area (Å²) in [5, 5.41) is 5.29. The number of hydrogen-bond acceptors (Lipinski definition) is 5. The van der Waals surface area contributed by atoms with Crippen molar-refractivity contribution in [2.75, 3.05) is 19.8 Å². The van der Waals surface area contributed by atoms with Crippen molar-refractivity contribution in [3.63, 3.8) is 0 Å². The average molecular weight is 336 g/mol. The summed E-state index contributed by atoms with van der Waals surface area (Å²) in [7, 11) is 0. The highest BCUT2D eigenvalue weighted by atomic mass is 32.1. The summed E-state index contributed by atoms with van der Waals surface area (Å²) >= 11 is 1.36. The van der Waals surface area contributed by atoms with Crippen molar-refractivity contribution in [2.24, 2.45) is 5.92 Å². The number of thiazole rings is 1. The first kappa shape index (κ1) is 15.9. The van der Waals surface area contributed by atoms with E-state index in [1.54, 1.807) is 17.5 Å². The van der Waals surface area contributed by atoms with Gasteiger partial charge in [0, 0.05) is 24.4 Å². The van der Waals surface area contributed by atoms with Crippen LogP contribution < -0.4 is 10.1 Å². The third-order valence-corrected chi connectivity index (χ3v) is 4.36. The van der Waals surface area contributed by atoms with Crippen LogP contribution in [-0.2, 0) is 11.3 Å². The van der Waals surface area contributed by atoms with E-state index >= 15 is 0 Å². The van der Waals surface area contributed by atoms with Gasteiger partial charge in [-0.25, -0.2) is 9.37 Å². The molecule has 1 saturated heterocycles. The number of aromatic nitrogens is 1. The van der Waals surface area contributed by atoms with Gasteiger partial charge in [0.2, 0.25) is 0 Å². The molecule has 7 heteroatoms. The van der Waals surface area contributed by atoms with Crippen LogP contribution in [0, 0.1) is 11.7 Å². The number of rotatable bonds is 6. The van der Waals surface area contributed by atoms with Crippen LogP contribution in [0.3, 0.4) is 0 Å². The lowest BCUT2D eigenvalue weighted by molar-refractivity contribution is 0.0940. The lowest BCUT2D eigenvalue weighted by Gasteiger charge is -2.07. The lowest BCUT2D eigenvalue weighted by Crippen LogP contribution is -2.29. The molecule has 0 aliphatic carbocycles. The Morgan fingerprint density at radius 2 is 2.26 bits per heavy atom. The third-order valence-electron chi connectivity index (χ3n) is 3.54. The highest BCUT2D eigenvalue weighted by Crippen LogP contribution is 2.16. The first-order valence-corrected chi connectivity index (χ1v) is 8.27. The number of hydrogen-bond donors (Lipinski definition) is 1. The minimum atomic E-state index is -0.307. The number of halogens is 1. The van der Waals surface area contributed by atoms with Gasteiger partial charge in [0.1, 0.15) is 28.9 Å². The topological polar surface area (TPSA) is 60.5 Å². The van der Waals surface area contributed by atoms with Crippen molar-refractivity contribution in [1.29, 1.82) is 0 Å². The van der Waals surface area contributed by atoms with Gasteiger partial charge in [-0.2, -0.15) is 0 Å². The number of amides is 1. The summed E-state index contributed by atoms with van der Waals surface area (Å²) in [5.41, 5.74) is 0.395. The van der Waals surface area contributed by atoms with Gasteiger partial charge in [-0.15, -0.1) is 11.3 Å². The zero-order valence-corrected chi connectivity index (χ0v) is 13.3. The number of nitrogens with one attached hydrogen (secondary N) is 1. The minimum absolute atomic E-state index is 0.179. The molecule has 1 amide bonds. The van der Waals surface area contributed by atoms with E-state index in [1.807, 2.05) is 0 Å². The highest BCUT2D eigenvalue weighted by molar-refractivity contribution is 7.09. The van der Waals surface area contributed by atoms with Crippen LogP contribution in [0.1, 0.15) is 21.9 Å². The Morgan fingerprint density at radius 1 is 1.43 bits per heavy atom. The summed E-state index contributed by atoms with van der Waals surface area (Å²) in [6.45, 7) is 2.33. The minimum Gasteiger partial charge on any atom is -0.486 e. The maximum Gasteiger partial charge on any atom is 0.270 e. The molecule has 122 valence electrons. The maximum absolute atomic E-state index is 12.8. The molecule has 23 heavy (non-hydrogen) atoms. The largest absolute Gasteiger partial charge is 0.486 e. The molecule has 0 bridgehead atoms. The van der Waals surface area contributed by atoms with Gasteiger partial charge in [0.25, 0.3) is 5.91 Å². The van der Waals surface area contributed by atoms with Crippen LogP contribution in [0.5, 0.6) is 5.75 Å². The smallest absolute Gasteiger partial charge is 0.270 e. The molecule has 0 unspecified atom stereocenters. The Kier molecular flexibility index (Phi) is 5.19. The third kappa shape index (κ3) is 4.49. The van der Waals surface area contributed by atoms with E-state index in [2.05, 4.69) is 10.3 Å². The molecule has 1 aromatic carbocycles. The first-order chi connectivity index (χ1) is 11.2. The van der Waals surface area contributed by atoms with Crippen molar-refractivity contribution in [3.05, 3.63) is 46.2 Å². The Morgan fingerprint density at radius 3 is 3.00 bits per heavy atom. The van der Waals surface area contributed by atoms with Crippen molar-refractivity contribution < 1.29 is 18.7 Å². The van der Waals surface area contributed by atoms with Gasteiger partial charge in [0.15, 0.2) is 0 Å². The number of nitrogens with zero attached hydrogens (tertiary/aromatic N) is 1. The number of carbonyl (C=O) groups excluding carboxylic acids is 1. The van der Waals surface area contributed by atoms with E-state index < -0.39 is 0 Å². The van der Waals surface area contributed by atoms with Crippen molar-refractivity contribution in [1.82, 2.24) is 10.3 Å². The molecule has 2 aromatic rings. The maximum atomic E-state index is 12.8. The van der Waals surface area contributed by atoms with Crippen LogP contribution in [-0.4, -0.2) is 30.6 Å². The molecule has 1 atom stereocenters. The fraction of sp³-hybridized carbons (Fsp3) is 0.375. The molecule has 1 aromatic heterocycles. The fourth-order valence-corrected chi connectivity index (χ4v) is 2.91. The van der Waals surface area contributed by atoms with Gasteiger partial charge in [0.05, 0.1) is 6.61 Å². The molecule has 2 heterocycles. The summed E-state index contributed by atoms with van der Waals surface area (Å²) < 4.78 is 23.6. The second-order valence-corrected chi connectivity index (χ2v) is 6.25. The molecular formula is C16H17FN2O3S. The second kappa shape index (κ2) is 7.52. The quantitative estimate of drug-likeness (QED) is 0.881. The van der Waals surface area contributed by atoms with Crippen LogP contribution >= 0.6 is 11.3 Å². The van der Waals surface area contributed by atoms with E-state index in [0.29, 0.717) is 35.5 Å². The van der Waals surface area contributed by atoms with Gasteiger partial charge >= 0.3 is 0 Å².